The standard InChI is InChI=1S/C11H20N4O/c1-3-4-5-9(12)11(16)14-8-10-13-6-7-15(10)2/h6-7,9H,3-5,8,12H2,1-2H3,(H,14,16)/t9-/m0/s1. The van der Waals surface area contributed by atoms with Gasteiger partial charge >= 0.3 is 0 Å². The summed E-state index contributed by atoms with van der Waals surface area (Å²) in [6, 6.07) is -0.403. The fourth-order valence-electron chi connectivity index (χ4n) is 1.42. The first-order valence-electron chi connectivity index (χ1n) is 5.64. The van der Waals surface area contributed by atoms with Gasteiger partial charge in [0.2, 0.25) is 5.91 Å². The molecular formula is C11H20N4O. The maximum atomic E-state index is 11.6. The highest BCUT2D eigenvalue weighted by Crippen LogP contribution is 1.99. The molecule has 5 nitrogen and oxygen atoms in total. The van der Waals surface area contributed by atoms with E-state index >= 15 is 0 Å². The van der Waals surface area contributed by atoms with Gasteiger partial charge in [-0.2, -0.15) is 0 Å². The zero-order valence-electron chi connectivity index (χ0n) is 9.94. The van der Waals surface area contributed by atoms with Crippen LogP contribution in [0.5, 0.6) is 0 Å². The van der Waals surface area contributed by atoms with Gasteiger partial charge in [-0.15, -0.1) is 0 Å². The van der Waals surface area contributed by atoms with Crippen molar-refractivity contribution in [3.05, 3.63) is 18.2 Å². The Balaban J connectivity index is 2.32. The lowest BCUT2D eigenvalue weighted by molar-refractivity contribution is -0.122. The predicted molar refractivity (Wildman–Crippen MR) is 62.6 cm³/mol. The smallest absolute Gasteiger partial charge is 0.237 e. The summed E-state index contributed by atoms with van der Waals surface area (Å²) in [5.74, 6) is 0.729. The average molecular weight is 224 g/mol. The molecule has 1 heterocycles. The van der Waals surface area contributed by atoms with Crippen LogP contribution in [0.4, 0.5) is 0 Å². The Morgan fingerprint density at radius 2 is 2.44 bits per heavy atom. The maximum absolute atomic E-state index is 11.6. The monoisotopic (exact) mass is 224 g/mol. The molecule has 0 fully saturated rings. The van der Waals surface area contributed by atoms with Crippen LogP contribution in [-0.2, 0) is 18.4 Å². The van der Waals surface area contributed by atoms with E-state index < -0.39 is 6.04 Å². The first-order valence-corrected chi connectivity index (χ1v) is 5.64. The van der Waals surface area contributed by atoms with Crippen LogP contribution in [0.2, 0.25) is 0 Å². The van der Waals surface area contributed by atoms with Crippen molar-refractivity contribution in [2.45, 2.75) is 38.8 Å². The summed E-state index contributed by atoms with van der Waals surface area (Å²) >= 11 is 0. The molecule has 1 atom stereocenters. The Kier molecular flexibility index (Phi) is 4.98. The van der Waals surface area contributed by atoms with Crippen molar-refractivity contribution in [1.82, 2.24) is 14.9 Å². The molecule has 0 radical (unpaired) electrons. The van der Waals surface area contributed by atoms with Crippen LogP contribution >= 0.6 is 0 Å². The molecule has 1 amide bonds. The van der Waals surface area contributed by atoms with E-state index in [2.05, 4.69) is 17.2 Å². The third-order valence-corrected chi connectivity index (χ3v) is 2.55. The van der Waals surface area contributed by atoms with Crippen molar-refractivity contribution in [2.24, 2.45) is 12.8 Å². The summed E-state index contributed by atoms with van der Waals surface area (Å²) in [7, 11) is 1.89. The minimum atomic E-state index is -0.403. The average Bonchev–Trinajstić information content (AvgIpc) is 2.68. The largest absolute Gasteiger partial charge is 0.348 e. The Morgan fingerprint density at radius 1 is 1.69 bits per heavy atom. The molecule has 0 aliphatic rings. The van der Waals surface area contributed by atoms with Crippen LogP contribution in [-0.4, -0.2) is 21.5 Å². The second-order valence-electron chi connectivity index (χ2n) is 3.92. The Morgan fingerprint density at radius 3 is 3.00 bits per heavy atom. The van der Waals surface area contributed by atoms with Gasteiger partial charge in [0.05, 0.1) is 12.6 Å². The van der Waals surface area contributed by atoms with E-state index in [0.29, 0.717) is 6.54 Å². The number of aryl methyl sites for hydroxylation is 1. The molecular weight excluding hydrogens is 204 g/mol. The van der Waals surface area contributed by atoms with Crippen LogP contribution < -0.4 is 11.1 Å². The molecule has 0 saturated heterocycles. The number of carbonyl (C=O) groups excluding carboxylic acids is 1. The van der Waals surface area contributed by atoms with Gasteiger partial charge in [-0.05, 0) is 6.42 Å². The number of nitrogens with two attached hydrogens (primary N) is 1. The predicted octanol–water partition coefficient (Wildman–Crippen LogP) is 0.554. The van der Waals surface area contributed by atoms with Gasteiger partial charge in [-0.1, -0.05) is 19.8 Å². The highest BCUT2D eigenvalue weighted by Gasteiger charge is 2.12. The third kappa shape index (κ3) is 3.66. The van der Waals surface area contributed by atoms with Crippen molar-refractivity contribution in [3.8, 4) is 0 Å². The number of amides is 1. The number of hydrogen-bond acceptors (Lipinski definition) is 3. The van der Waals surface area contributed by atoms with Gasteiger partial charge in [-0.3, -0.25) is 4.79 Å². The van der Waals surface area contributed by atoms with E-state index in [1.165, 1.54) is 0 Å². The number of carbonyl (C=O) groups is 1. The topological polar surface area (TPSA) is 72.9 Å². The number of imidazole rings is 1. The number of aromatic nitrogens is 2. The first kappa shape index (κ1) is 12.7. The molecule has 0 spiro atoms. The van der Waals surface area contributed by atoms with Crippen LogP contribution in [0.1, 0.15) is 32.0 Å². The quantitative estimate of drug-likeness (QED) is 0.741. The number of nitrogens with zero attached hydrogens (tertiary/aromatic N) is 2. The van der Waals surface area contributed by atoms with Gasteiger partial charge in [0.1, 0.15) is 5.82 Å². The third-order valence-electron chi connectivity index (χ3n) is 2.55. The molecule has 0 saturated carbocycles. The van der Waals surface area contributed by atoms with Crippen molar-refractivity contribution in [1.29, 1.82) is 0 Å². The summed E-state index contributed by atoms with van der Waals surface area (Å²) < 4.78 is 1.87. The van der Waals surface area contributed by atoms with E-state index in [0.717, 1.165) is 25.1 Å². The number of rotatable bonds is 6. The van der Waals surface area contributed by atoms with Crippen LogP contribution in [0, 0.1) is 0 Å². The molecule has 5 heteroatoms. The van der Waals surface area contributed by atoms with E-state index in [1.54, 1.807) is 6.20 Å². The minimum Gasteiger partial charge on any atom is -0.348 e. The fraction of sp³-hybridized carbons (Fsp3) is 0.636. The summed E-state index contributed by atoms with van der Waals surface area (Å²) in [6.07, 6.45) is 6.33. The van der Waals surface area contributed by atoms with Gasteiger partial charge in [0.25, 0.3) is 0 Å². The van der Waals surface area contributed by atoms with E-state index in [9.17, 15) is 4.79 Å². The second-order valence-corrected chi connectivity index (χ2v) is 3.92. The fourth-order valence-corrected chi connectivity index (χ4v) is 1.42. The number of hydrogen-bond donors (Lipinski definition) is 2. The molecule has 0 aliphatic carbocycles. The summed E-state index contributed by atoms with van der Waals surface area (Å²) in [5, 5.41) is 2.79. The van der Waals surface area contributed by atoms with Crippen molar-refractivity contribution < 1.29 is 4.79 Å². The lowest BCUT2D eigenvalue weighted by Gasteiger charge is -2.11. The molecule has 16 heavy (non-hydrogen) atoms. The SMILES string of the molecule is CCCC[C@H](N)C(=O)NCc1nccn1C. The van der Waals surface area contributed by atoms with E-state index in [4.69, 9.17) is 5.73 Å². The zero-order valence-corrected chi connectivity index (χ0v) is 9.94. The molecule has 0 bridgehead atoms. The summed E-state index contributed by atoms with van der Waals surface area (Å²) in [4.78, 5) is 15.7. The number of nitrogens with one attached hydrogen (secondary N) is 1. The first-order chi connectivity index (χ1) is 7.65. The second kappa shape index (κ2) is 6.27. The molecule has 90 valence electrons. The highest BCUT2D eigenvalue weighted by atomic mass is 16.2. The van der Waals surface area contributed by atoms with Crippen molar-refractivity contribution in [2.75, 3.05) is 0 Å². The molecule has 1 rings (SSSR count). The number of unbranched alkanes of at least 4 members (excludes halogenated alkanes) is 1. The minimum absolute atomic E-state index is 0.101. The van der Waals surface area contributed by atoms with Gasteiger partial charge in [0.15, 0.2) is 0 Å². The zero-order chi connectivity index (χ0) is 12.0. The Hall–Kier alpha value is -1.36. The summed E-state index contributed by atoms with van der Waals surface area (Å²) in [5.41, 5.74) is 5.74. The van der Waals surface area contributed by atoms with Gasteiger partial charge in [-0.25, -0.2) is 4.98 Å². The van der Waals surface area contributed by atoms with E-state index in [-0.39, 0.29) is 5.91 Å². The normalized spacial score (nSPS) is 12.4. The van der Waals surface area contributed by atoms with E-state index in [1.807, 2.05) is 17.8 Å². The van der Waals surface area contributed by atoms with Crippen LogP contribution in [0.3, 0.4) is 0 Å². The molecule has 1 aromatic rings. The lowest BCUT2D eigenvalue weighted by Crippen LogP contribution is -2.40. The molecule has 3 N–H and O–H groups in total. The Bertz CT molecular complexity index is 334. The van der Waals surface area contributed by atoms with Crippen molar-refractivity contribution in [3.63, 3.8) is 0 Å². The molecule has 1 aromatic heterocycles. The molecule has 0 aliphatic heterocycles. The van der Waals surface area contributed by atoms with Crippen LogP contribution in [0.15, 0.2) is 12.4 Å². The van der Waals surface area contributed by atoms with Crippen LogP contribution in [0.25, 0.3) is 0 Å². The van der Waals surface area contributed by atoms with Gasteiger partial charge in [0, 0.05) is 19.4 Å². The molecule has 0 aromatic carbocycles. The van der Waals surface area contributed by atoms with Gasteiger partial charge < -0.3 is 15.6 Å². The highest BCUT2D eigenvalue weighted by molar-refractivity contribution is 5.81. The maximum Gasteiger partial charge on any atom is 0.237 e. The molecule has 0 unspecified atom stereocenters. The summed E-state index contributed by atoms with van der Waals surface area (Å²) in [6.45, 7) is 2.51. The Labute approximate surface area is 96.0 Å². The van der Waals surface area contributed by atoms with Crippen molar-refractivity contribution >= 4 is 5.91 Å². The lowest BCUT2D eigenvalue weighted by atomic mass is 10.1.